The van der Waals surface area contributed by atoms with Crippen molar-refractivity contribution in [1.29, 1.82) is 0 Å². The van der Waals surface area contributed by atoms with E-state index in [1.807, 2.05) is 24.3 Å². The molecule has 1 aliphatic rings. The number of amides is 1. The number of nitrogens with zero attached hydrogens (tertiary/aromatic N) is 2. The number of piperidine rings is 1. The molecule has 0 spiro atoms. The number of hydrogen-bond acceptors (Lipinski definition) is 4. The van der Waals surface area contributed by atoms with Gasteiger partial charge in [0.05, 0.1) is 7.11 Å². The second kappa shape index (κ2) is 11.4. The molecule has 7 heteroatoms. The minimum absolute atomic E-state index is 0.0700. The predicted octanol–water partition coefficient (Wildman–Crippen LogP) is 1.34. The van der Waals surface area contributed by atoms with E-state index in [4.69, 9.17) is 10.5 Å². The molecule has 1 aromatic rings. The van der Waals surface area contributed by atoms with Crippen LogP contribution in [0.3, 0.4) is 0 Å². The number of hydrogen-bond donors (Lipinski definition) is 3. The van der Waals surface area contributed by atoms with E-state index in [1.54, 1.807) is 14.2 Å². The summed E-state index contributed by atoms with van der Waals surface area (Å²) in [7, 11) is 3.46. The standard InChI is InChI=1S/C20H33N5O2/c1-22-20(24-15-17-7-3-4-8-18(17)27-2)23-11-5-6-12-25-13-9-16(10-14-25)19(21)26/h3-4,7-8,16H,5-6,9-15H2,1-2H3,(H2,21,26)(H2,22,23,24). The van der Waals surface area contributed by atoms with E-state index in [-0.39, 0.29) is 11.8 Å². The van der Waals surface area contributed by atoms with Gasteiger partial charge in [-0.05, 0) is 51.4 Å². The molecule has 2 rings (SSSR count). The van der Waals surface area contributed by atoms with Gasteiger partial charge in [-0.1, -0.05) is 18.2 Å². The van der Waals surface area contributed by atoms with Crippen LogP contribution in [-0.4, -0.2) is 57.1 Å². The van der Waals surface area contributed by atoms with E-state index < -0.39 is 0 Å². The molecule has 4 N–H and O–H groups in total. The third-order valence-corrected chi connectivity index (χ3v) is 5.05. The van der Waals surface area contributed by atoms with Crippen LogP contribution in [0.5, 0.6) is 5.75 Å². The summed E-state index contributed by atoms with van der Waals surface area (Å²) in [6.45, 7) is 4.56. The van der Waals surface area contributed by atoms with E-state index in [0.29, 0.717) is 6.54 Å². The van der Waals surface area contributed by atoms with Gasteiger partial charge < -0.3 is 26.0 Å². The molecular formula is C20H33N5O2. The molecule has 1 fully saturated rings. The van der Waals surface area contributed by atoms with Crippen LogP contribution in [0.1, 0.15) is 31.2 Å². The van der Waals surface area contributed by atoms with Crippen LogP contribution in [0.2, 0.25) is 0 Å². The smallest absolute Gasteiger partial charge is 0.220 e. The number of unbranched alkanes of at least 4 members (excludes halogenated alkanes) is 1. The maximum Gasteiger partial charge on any atom is 0.220 e. The number of carbonyl (C=O) groups is 1. The number of rotatable bonds is 9. The summed E-state index contributed by atoms with van der Waals surface area (Å²) >= 11 is 0. The summed E-state index contributed by atoms with van der Waals surface area (Å²) in [4.78, 5) is 17.9. The Balaban J connectivity index is 1.59. The van der Waals surface area contributed by atoms with E-state index in [9.17, 15) is 4.79 Å². The Labute approximate surface area is 162 Å². The van der Waals surface area contributed by atoms with Gasteiger partial charge in [0, 0.05) is 31.6 Å². The first-order valence-corrected chi connectivity index (χ1v) is 9.72. The molecule has 0 saturated carbocycles. The van der Waals surface area contributed by atoms with Crippen LogP contribution in [0, 0.1) is 5.92 Å². The van der Waals surface area contributed by atoms with E-state index in [0.717, 1.165) is 69.1 Å². The summed E-state index contributed by atoms with van der Waals surface area (Å²) in [6, 6.07) is 7.97. The lowest BCUT2D eigenvalue weighted by atomic mass is 9.96. The maximum atomic E-state index is 11.2. The number of benzene rings is 1. The summed E-state index contributed by atoms with van der Waals surface area (Å²) in [5.41, 5.74) is 6.48. The van der Waals surface area contributed by atoms with Crippen LogP contribution in [0.15, 0.2) is 29.3 Å². The lowest BCUT2D eigenvalue weighted by molar-refractivity contribution is -0.123. The minimum Gasteiger partial charge on any atom is -0.496 e. The molecule has 0 bridgehead atoms. The van der Waals surface area contributed by atoms with E-state index in [1.165, 1.54) is 0 Å². The van der Waals surface area contributed by atoms with Crippen LogP contribution < -0.4 is 21.1 Å². The van der Waals surface area contributed by atoms with Gasteiger partial charge in [-0.15, -0.1) is 0 Å². The molecule has 1 amide bonds. The van der Waals surface area contributed by atoms with Crippen molar-refractivity contribution in [2.24, 2.45) is 16.6 Å². The average molecular weight is 376 g/mol. The molecule has 1 heterocycles. The fourth-order valence-corrected chi connectivity index (χ4v) is 3.36. The topological polar surface area (TPSA) is 92.0 Å². The van der Waals surface area contributed by atoms with Gasteiger partial charge in [0.15, 0.2) is 5.96 Å². The fourth-order valence-electron chi connectivity index (χ4n) is 3.36. The van der Waals surface area contributed by atoms with E-state index >= 15 is 0 Å². The molecule has 1 aromatic carbocycles. The summed E-state index contributed by atoms with van der Waals surface area (Å²) < 4.78 is 5.37. The molecule has 0 aromatic heterocycles. The van der Waals surface area contributed by atoms with Gasteiger partial charge in [-0.25, -0.2) is 0 Å². The highest BCUT2D eigenvalue weighted by molar-refractivity contribution is 5.79. The molecule has 0 atom stereocenters. The van der Waals surface area contributed by atoms with Crippen molar-refractivity contribution < 1.29 is 9.53 Å². The maximum absolute atomic E-state index is 11.2. The Morgan fingerprint density at radius 3 is 2.67 bits per heavy atom. The number of ether oxygens (including phenoxy) is 1. The number of nitrogens with one attached hydrogen (secondary N) is 2. The number of guanidine groups is 1. The molecular weight excluding hydrogens is 342 g/mol. The van der Waals surface area contributed by atoms with Crippen molar-refractivity contribution in [3.05, 3.63) is 29.8 Å². The van der Waals surface area contributed by atoms with Crippen LogP contribution in [-0.2, 0) is 11.3 Å². The molecule has 1 aliphatic heterocycles. The van der Waals surface area contributed by atoms with Gasteiger partial charge in [-0.2, -0.15) is 0 Å². The summed E-state index contributed by atoms with van der Waals surface area (Å²) in [6.07, 6.45) is 3.99. The van der Waals surface area contributed by atoms with Gasteiger partial charge in [0.1, 0.15) is 5.75 Å². The number of methoxy groups -OCH3 is 1. The largest absolute Gasteiger partial charge is 0.496 e. The molecule has 0 radical (unpaired) electrons. The lowest BCUT2D eigenvalue weighted by Crippen LogP contribution is -2.39. The van der Waals surface area contributed by atoms with Crippen LogP contribution in [0.4, 0.5) is 0 Å². The number of aliphatic imine (C=N–C) groups is 1. The zero-order chi connectivity index (χ0) is 19.5. The zero-order valence-corrected chi connectivity index (χ0v) is 16.5. The number of para-hydroxylation sites is 1. The summed E-state index contributed by atoms with van der Waals surface area (Å²) in [5.74, 6) is 1.59. The number of carbonyl (C=O) groups excluding carboxylic acids is 1. The molecule has 0 unspecified atom stereocenters. The lowest BCUT2D eigenvalue weighted by Gasteiger charge is -2.30. The second-order valence-corrected chi connectivity index (χ2v) is 6.89. The van der Waals surface area contributed by atoms with Gasteiger partial charge in [-0.3, -0.25) is 9.79 Å². The highest BCUT2D eigenvalue weighted by atomic mass is 16.5. The first-order chi connectivity index (χ1) is 13.1. The fraction of sp³-hybridized carbons (Fsp3) is 0.600. The monoisotopic (exact) mass is 375 g/mol. The van der Waals surface area contributed by atoms with Gasteiger partial charge in [0.2, 0.25) is 5.91 Å². The van der Waals surface area contributed by atoms with Crippen molar-refractivity contribution in [1.82, 2.24) is 15.5 Å². The first kappa shape index (κ1) is 21.0. The molecule has 7 nitrogen and oxygen atoms in total. The quantitative estimate of drug-likeness (QED) is 0.344. The SMILES string of the molecule is CN=C(NCCCCN1CCC(C(N)=O)CC1)NCc1ccccc1OC. The number of primary amides is 1. The zero-order valence-electron chi connectivity index (χ0n) is 16.5. The number of likely N-dealkylation sites (tertiary alicyclic amines) is 1. The van der Waals surface area contributed by atoms with Crippen molar-refractivity contribution >= 4 is 11.9 Å². The number of nitrogens with two attached hydrogens (primary N) is 1. The normalized spacial score (nSPS) is 16.1. The van der Waals surface area contributed by atoms with Crippen LogP contribution >= 0.6 is 0 Å². The Bertz CT molecular complexity index is 612. The molecule has 150 valence electrons. The first-order valence-electron chi connectivity index (χ1n) is 9.72. The van der Waals surface area contributed by atoms with Gasteiger partial charge in [0.25, 0.3) is 0 Å². The van der Waals surface area contributed by atoms with E-state index in [2.05, 4.69) is 20.5 Å². The predicted molar refractivity (Wildman–Crippen MR) is 109 cm³/mol. The average Bonchev–Trinajstić information content (AvgIpc) is 2.70. The van der Waals surface area contributed by atoms with Crippen molar-refractivity contribution in [2.45, 2.75) is 32.2 Å². The van der Waals surface area contributed by atoms with Gasteiger partial charge >= 0.3 is 0 Å². The molecule has 27 heavy (non-hydrogen) atoms. The Kier molecular flexibility index (Phi) is 8.91. The Hall–Kier alpha value is -2.28. The van der Waals surface area contributed by atoms with Crippen molar-refractivity contribution in [2.75, 3.05) is 40.3 Å². The summed E-state index contributed by atoms with van der Waals surface area (Å²) in [5, 5.41) is 6.68. The Morgan fingerprint density at radius 2 is 2.00 bits per heavy atom. The Morgan fingerprint density at radius 1 is 1.26 bits per heavy atom. The highest BCUT2D eigenvalue weighted by Gasteiger charge is 2.22. The second-order valence-electron chi connectivity index (χ2n) is 6.89. The van der Waals surface area contributed by atoms with Crippen LogP contribution in [0.25, 0.3) is 0 Å². The third-order valence-electron chi connectivity index (χ3n) is 5.05. The molecule has 0 aliphatic carbocycles. The van der Waals surface area contributed by atoms with Crippen molar-refractivity contribution in [3.63, 3.8) is 0 Å². The minimum atomic E-state index is -0.147. The third kappa shape index (κ3) is 7.09. The molecule has 1 saturated heterocycles. The highest BCUT2D eigenvalue weighted by Crippen LogP contribution is 2.17. The van der Waals surface area contributed by atoms with Crippen molar-refractivity contribution in [3.8, 4) is 5.75 Å².